The minimum absolute atomic E-state index is 0.105. The number of aromatic nitrogens is 2. The standard InChI is InChI=1S/C19H24N4O3/c1-21-9-4-6-16(21)18(24)23-10-7-15(11-17(23)19(25)26)22(2)13-14-5-3-8-20-12-14/h3-6,8-9,12,15,17H,7,10-11,13H2,1-2H3,(H,25,26)/t15-,17+/m1/s1. The van der Waals surface area contributed by atoms with Crippen LogP contribution in [0.25, 0.3) is 0 Å². The fourth-order valence-electron chi connectivity index (χ4n) is 3.56. The zero-order valence-corrected chi connectivity index (χ0v) is 15.1. The van der Waals surface area contributed by atoms with Crippen LogP contribution < -0.4 is 0 Å². The third-order valence-electron chi connectivity index (χ3n) is 5.06. The van der Waals surface area contributed by atoms with Gasteiger partial charge in [0, 0.05) is 44.8 Å². The molecule has 2 aromatic heterocycles. The van der Waals surface area contributed by atoms with Crippen LogP contribution in [0.5, 0.6) is 0 Å². The highest BCUT2D eigenvalue weighted by Crippen LogP contribution is 2.24. The normalized spacial score (nSPS) is 20.3. The molecule has 1 fully saturated rings. The highest BCUT2D eigenvalue weighted by atomic mass is 16.4. The van der Waals surface area contributed by atoms with E-state index < -0.39 is 12.0 Å². The van der Waals surface area contributed by atoms with Gasteiger partial charge in [-0.05, 0) is 43.7 Å². The van der Waals surface area contributed by atoms with Gasteiger partial charge in [0.2, 0.25) is 0 Å². The summed E-state index contributed by atoms with van der Waals surface area (Å²) in [6, 6.07) is 6.71. The fraction of sp³-hybridized carbons (Fsp3) is 0.421. The summed E-state index contributed by atoms with van der Waals surface area (Å²) in [4.78, 5) is 32.4. The lowest BCUT2D eigenvalue weighted by Gasteiger charge is -2.40. The molecule has 1 saturated heterocycles. The van der Waals surface area contributed by atoms with Crippen molar-refractivity contribution in [3.63, 3.8) is 0 Å². The molecule has 1 aliphatic rings. The van der Waals surface area contributed by atoms with E-state index in [0.717, 1.165) is 12.0 Å². The first kappa shape index (κ1) is 18.1. The Morgan fingerprint density at radius 2 is 2.15 bits per heavy atom. The zero-order valence-electron chi connectivity index (χ0n) is 15.1. The van der Waals surface area contributed by atoms with Crippen LogP contribution in [0.1, 0.15) is 28.9 Å². The Balaban J connectivity index is 1.71. The average Bonchev–Trinajstić information content (AvgIpc) is 3.07. The van der Waals surface area contributed by atoms with Crippen molar-refractivity contribution < 1.29 is 14.7 Å². The topological polar surface area (TPSA) is 78.7 Å². The first-order chi connectivity index (χ1) is 12.5. The molecule has 1 N–H and O–H groups in total. The number of nitrogens with zero attached hydrogens (tertiary/aromatic N) is 4. The Hall–Kier alpha value is -2.67. The van der Waals surface area contributed by atoms with Gasteiger partial charge in [0.15, 0.2) is 0 Å². The summed E-state index contributed by atoms with van der Waals surface area (Å²) in [6.45, 7) is 1.14. The molecule has 26 heavy (non-hydrogen) atoms. The largest absolute Gasteiger partial charge is 0.480 e. The summed E-state index contributed by atoms with van der Waals surface area (Å²) in [5.41, 5.74) is 1.60. The van der Waals surface area contributed by atoms with Gasteiger partial charge in [-0.1, -0.05) is 6.07 Å². The summed E-state index contributed by atoms with van der Waals surface area (Å²) in [5, 5.41) is 9.68. The van der Waals surface area contributed by atoms with Crippen molar-refractivity contribution in [2.24, 2.45) is 7.05 Å². The fourth-order valence-corrected chi connectivity index (χ4v) is 3.56. The van der Waals surface area contributed by atoms with Crippen molar-refractivity contribution >= 4 is 11.9 Å². The SMILES string of the molecule is CN(Cc1cccnc1)[C@@H]1CCN(C(=O)c2cccn2C)[C@H](C(=O)O)C1. The Labute approximate surface area is 152 Å². The quantitative estimate of drug-likeness (QED) is 0.881. The number of likely N-dealkylation sites (tertiary alicyclic amines) is 1. The maximum Gasteiger partial charge on any atom is 0.326 e. The number of carboxylic acid groups (broad SMARTS) is 1. The number of carboxylic acids is 1. The maximum absolute atomic E-state index is 12.8. The van der Waals surface area contributed by atoms with Crippen molar-refractivity contribution in [2.45, 2.75) is 31.5 Å². The molecule has 2 atom stereocenters. The van der Waals surface area contributed by atoms with Crippen molar-refractivity contribution in [3.05, 3.63) is 54.1 Å². The van der Waals surface area contributed by atoms with Gasteiger partial charge in [-0.2, -0.15) is 0 Å². The molecule has 0 aliphatic carbocycles. The van der Waals surface area contributed by atoms with E-state index in [1.165, 1.54) is 4.90 Å². The highest BCUT2D eigenvalue weighted by Gasteiger charge is 2.38. The molecule has 0 saturated carbocycles. The molecule has 7 heteroatoms. The molecule has 7 nitrogen and oxygen atoms in total. The first-order valence-electron chi connectivity index (χ1n) is 8.71. The van der Waals surface area contributed by atoms with Crippen LogP contribution in [0.2, 0.25) is 0 Å². The van der Waals surface area contributed by atoms with Crippen molar-refractivity contribution in [3.8, 4) is 0 Å². The minimum Gasteiger partial charge on any atom is -0.480 e. The van der Waals surface area contributed by atoms with E-state index in [0.29, 0.717) is 25.2 Å². The molecular formula is C19H24N4O3. The van der Waals surface area contributed by atoms with E-state index in [2.05, 4.69) is 9.88 Å². The third-order valence-corrected chi connectivity index (χ3v) is 5.06. The first-order valence-corrected chi connectivity index (χ1v) is 8.71. The summed E-state index contributed by atoms with van der Waals surface area (Å²) < 4.78 is 1.72. The van der Waals surface area contributed by atoms with Gasteiger partial charge in [-0.25, -0.2) is 4.79 Å². The second-order valence-corrected chi connectivity index (χ2v) is 6.81. The molecule has 0 radical (unpaired) electrons. The van der Waals surface area contributed by atoms with Crippen LogP contribution in [0.15, 0.2) is 42.9 Å². The lowest BCUT2D eigenvalue weighted by molar-refractivity contribution is -0.144. The summed E-state index contributed by atoms with van der Waals surface area (Å²) in [7, 11) is 3.78. The Kier molecular flexibility index (Phi) is 5.37. The summed E-state index contributed by atoms with van der Waals surface area (Å²) in [6.07, 6.45) is 6.51. The lowest BCUT2D eigenvalue weighted by Crippen LogP contribution is -2.54. The van der Waals surface area contributed by atoms with Gasteiger partial charge < -0.3 is 14.6 Å². The minimum atomic E-state index is -0.952. The second kappa shape index (κ2) is 7.70. The number of hydrogen-bond donors (Lipinski definition) is 1. The van der Waals surface area contributed by atoms with E-state index in [-0.39, 0.29) is 11.9 Å². The third kappa shape index (κ3) is 3.77. The number of carbonyl (C=O) groups excluding carboxylic acids is 1. The lowest BCUT2D eigenvalue weighted by atomic mass is 9.95. The number of hydrogen-bond acceptors (Lipinski definition) is 4. The monoisotopic (exact) mass is 356 g/mol. The van der Waals surface area contributed by atoms with Crippen LogP contribution in [0, 0.1) is 0 Å². The summed E-state index contributed by atoms with van der Waals surface area (Å²) >= 11 is 0. The molecule has 2 aromatic rings. The Morgan fingerprint density at radius 1 is 1.35 bits per heavy atom. The number of carbonyl (C=O) groups is 2. The van der Waals surface area contributed by atoms with Gasteiger partial charge in [-0.3, -0.25) is 14.7 Å². The van der Waals surface area contributed by atoms with E-state index in [1.807, 2.05) is 25.4 Å². The predicted molar refractivity (Wildman–Crippen MR) is 96.6 cm³/mol. The summed E-state index contributed by atoms with van der Waals surface area (Å²) in [5.74, 6) is -1.18. The smallest absolute Gasteiger partial charge is 0.326 e. The molecule has 0 spiro atoms. The molecule has 1 aliphatic heterocycles. The predicted octanol–water partition coefficient (Wildman–Crippen LogP) is 1.61. The molecule has 3 heterocycles. The molecular weight excluding hydrogens is 332 g/mol. The van der Waals surface area contributed by atoms with Crippen molar-refractivity contribution in [2.75, 3.05) is 13.6 Å². The van der Waals surface area contributed by atoms with Crippen molar-refractivity contribution in [1.29, 1.82) is 0 Å². The number of pyridine rings is 1. The molecule has 0 bridgehead atoms. The van der Waals surface area contributed by atoms with Crippen LogP contribution in [0.3, 0.4) is 0 Å². The van der Waals surface area contributed by atoms with E-state index in [4.69, 9.17) is 0 Å². The van der Waals surface area contributed by atoms with E-state index >= 15 is 0 Å². The molecule has 0 unspecified atom stereocenters. The van der Waals surface area contributed by atoms with Crippen molar-refractivity contribution in [1.82, 2.24) is 19.4 Å². The zero-order chi connectivity index (χ0) is 18.7. The van der Waals surface area contributed by atoms with Gasteiger partial charge in [0.25, 0.3) is 5.91 Å². The van der Waals surface area contributed by atoms with Crippen LogP contribution in [-0.4, -0.2) is 62.0 Å². The molecule has 3 rings (SSSR count). The number of rotatable bonds is 5. The number of aryl methyl sites for hydroxylation is 1. The van der Waals surface area contributed by atoms with E-state index in [1.54, 1.807) is 36.1 Å². The van der Waals surface area contributed by atoms with Crippen LogP contribution in [0.4, 0.5) is 0 Å². The Morgan fingerprint density at radius 3 is 2.77 bits per heavy atom. The van der Waals surface area contributed by atoms with Crippen LogP contribution >= 0.6 is 0 Å². The average molecular weight is 356 g/mol. The van der Waals surface area contributed by atoms with Crippen LogP contribution in [-0.2, 0) is 18.4 Å². The van der Waals surface area contributed by atoms with Gasteiger partial charge >= 0.3 is 5.97 Å². The number of aliphatic carboxylic acids is 1. The highest BCUT2D eigenvalue weighted by molar-refractivity contribution is 5.95. The van der Waals surface area contributed by atoms with Gasteiger partial charge in [0.1, 0.15) is 11.7 Å². The number of piperidine rings is 1. The molecule has 138 valence electrons. The maximum atomic E-state index is 12.8. The number of amides is 1. The molecule has 1 amide bonds. The molecule has 0 aromatic carbocycles. The van der Waals surface area contributed by atoms with E-state index in [9.17, 15) is 14.7 Å². The van der Waals surface area contributed by atoms with Gasteiger partial charge in [0.05, 0.1) is 0 Å². The Bertz CT molecular complexity index is 774. The van der Waals surface area contributed by atoms with Gasteiger partial charge in [-0.15, -0.1) is 0 Å². The second-order valence-electron chi connectivity index (χ2n) is 6.81.